The van der Waals surface area contributed by atoms with Crippen LogP contribution in [-0.4, -0.2) is 65.2 Å². The Hall–Kier alpha value is -1.43. The normalized spacial score (nSPS) is 28.8. The standard InChI is InChI=1S/C19H27N3O2/c23-17-11-18(20-12-17)19(24)21-9-6-16(7-10-21)22-8-5-14-3-1-2-4-15(14)13-22/h1-4,16-18,20,23H,5-13H2/t17-,18+/m1/s1. The van der Waals surface area contributed by atoms with E-state index < -0.39 is 0 Å². The van der Waals surface area contributed by atoms with Crippen LogP contribution in [0.15, 0.2) is 24.3 Å². The summed E-state index contributed by atoms with van der Waals surface area (Å²) in [5, 5.41) is 12.7. The van der Waals surface area contributed by atoms with Crippen LogP contribution in [0.4, 0.5) is 0 Å². The molecular formula is C19H27N3O2. The van der Waals surface area contributed by atoms with Crippen molar-refractivity contribution < 1.29 is 9.90 Å². The second kappa shape index (κ2) is 6.82. The minimum atomic E-state index is -0.370. The van der Waals surface area contributed by atoms with Gasteiger partial charge in [-0.25, -0.2) is 0 Å². The molecule has 0 unspecified atom stereocenters. The van der Waals surface area contributed by atoms with Gasteiger partial charge in [0.2, 0.25) is 5.91 Å². The maximum absolute atomic E-state index is 12.5. The zero-order valence-corrected chi connectivity index (χ0v) is 14.2. The molecule has 1 amide bonds. The highest BCUT2D eigenvalue weighted by Gasteiger charge is 2.34. The Morgan fingerprint density at radius 1 is 1.12 bits per heavy atom. The largest absolute Gasteiger partial charge is 0.392 e. The van der Waals surface area contributed by atoms with E-state index in [4.69, 9.17) is 0 Å². The first-order valence-electron chi connectivity index (χ1n) is 9.22. The van der Waals surface area contributed by atoms with Crippen molar-refractivity contribution >= 4 is 5.91 Å². The van der Waals surface area contributed by atoms with Crippen LogP contribution < -0.4 is 5.32 Å². The predicted octanol–water partition coefficient (Wildman–Crippen LogP) is 0.759. The topological polar surface area (TPSA) is 55.8 Å². The lowest BCUT2D eigenvalue weighted by molar-refractivity contribution is -0.134. The highest BCUT2D eigenvalue weighted by atomic mass is 16.3. The number of rotatable bonds is 2. The molecule has 3 heterocycles. The van der Waals surface area contributed by atoms with Crippen LogP contribution >= 0.6 is 0 Å². The maximum atomic E-state index is 12.5. The molecule has 0 bridgehead atoms. The fourth-order valence-electron chi connectivity index (χ4n) is 4.41. The van der Waals surface area contributed by atoms with Crippen LogP contribution in [0.1, 0.15) is 30.4 Å². The molecule has 3 aliphatic heterocycles. The van der Waals surface area contributed by atoms with E-state index in [0.717, 1.165) is 45.4 Å². The molecular weight excluding hydrogens is 302 g/mol. The van der Waals surface area contributed by atoms with Crippen molar-refractivity contribution in [3.05, 3.63) is 35.4 Å². The Kier molecular flexibility index (Phi) is 4.57. The number of piperidine rings is 1. The summed E-state index contributed by atoms with van der Waals surface area (Å²) in [6.07, 6.45) is 3.44. The Balaban J connectivity index is 1.31. The zero-order valence-electron chi connectivity index (χ0n) is 14.2. The Morgan fingerprint density at radius 2 is 1.88 bits per heavy atom. The first-order chi connectivity index (χ1) is 11.7. The van der Waals surface area contributed by atoms with Crippen molar-refractivity contribution in [2.24, 2.45) is 0 Å². The number of likely N-dealkylation sites (tertiary alicyclic amines) is 1. The number of aliphatic hydroxyl groups is 1. The second-order valence-electron chi connectivity index (χ2n) is 7.40. The number of carbonyl (C=O) groups excluding carboxylic acids is 1. The van der Waals surface area contributed by atoms with Crippen LogP contribution in [0.25, 0.3) is 0 Å². The van der Waals surface area contributed by atoms with Gasteiger partial charge in [0.15, 0.2) is 0 Å². The van der Waals surface area contributed by atoms with Gasteiger partial charge in [-0.2, -0.15) is 0 Å². The molecule has 0 aliphatic carbocycles. The lowest BCUT2D eigenvalue weighted by atomic mass is 9.95. The molecule has 2 fully saturated rings. The Morgan fingerprint density at radius 3 is 2.58 bits per heavy atom. The minimum Gasteiger partial charge on any atom is -0.392 e. The SMILES string of the molecule is O=C([C@@H]1C[C@@H](O)CN1)N1CCC(N2CCc3ccccc3C2)CC1. The van der Waals surface area contributed by atoms with E-state index >= 15 is 0 Å². The third kappa shape index (κ3) is 3.21. The van der Waals surface area contributed by atoms with Gasteiger partial charge in [-0.3, -0.25) is 9.69 Å². The molecule has 2 saturated heterocycles. The van der Waals surface area contributed by atoms with Crippen LogP contribution in [0.2, 0.25) is 0 Å². The molecule has 0 aromatic heterocycles. The van der Waals surface area contributed by atoms with E-state index in [-0.39, 0.29) is 18.1 Å². The first-order valence-corrected chi connectivity index (χ1v) is 9.22. The number of nitrogens with one attached hydrogen (secondary N) is 1. The van der Waals surface area contributed by atoms with Crippen molar-refractivity contribution in [3.8, 4) is 0 Å². The number of aliphatic hydroxyl groups excluding tert-OH is 1. The van der Waals surface area contributed by atoms with Crippen molar-refractivity contribution in [3.63, 3.8) is 0 Å². The van der Waals surface area contributed by atoms with Gasteiger partial charge < -0.3 is 15.3 Å². The van der Waals surface area contributed by atoms with Gasteiger partial charge in [-0.1, -0.05) is 24.3 Å². The summed E-state index contributed by atoms with van der Waals surface area (Å²) in [5.74, 6) is 0.175. The average molecular weight is 329 g/mol. The summed E-state index contributed by atoms with van der Waals surface area (Å²) in [6.45, 7) is 4.41. The molecule has 2 N–H and O–H groups in total. The Labute approximate surface area is 143 Å². The average Bonchev–Trinajstić information content (AvgIpc) is 3.07. The fraction of sp³-hybridized carbons (Fsp3) is 0.632. The number of benzene rings is 1. The highest BCUT2D eigenvalue weighted by Crippen LogP contribution is 2.25. The van der Waals surface area contributed by atoms with Crippen LogP contribution in [-0.2, 0) is 17.8 Å². The van der Waals surface area contributed by atoms with Gasteiger partial charge in [0.05, 0.1) is 12.1 Å². The second-order valence-corrected chi connectivity index (χ2v) is 7.40. The Bertz CT molecular complexity index is 598. The summed E-state index contributed by atoms with van der Waals surface area (Å²) in [6, 6.07) is 9.16. The molecule has 0 spiro atoms. The molecule has 1 aromatic carbocycles. The molecule has 3 aliphatic rings. The molecule has 5 nitrogen and oxygen atoms in total. The summed E-state index contributed by atoms with van der Waals surface area (Å²) in [7, 11) is 0. The smallest absolute Gasteiger partial charge is 0.239 e. The quantitative estimate of drug-likeness (QED) is 0.841. The van der Waals surface area contributed by atoms with E-state index in [1.165, 1.54) is 11.1 Å². The number of amides is 1. The summed E-state index contributed by atoms with van der Waals surface area (Å²) in [5.41, 5.74) is 2.96. The monoisotopic (exact) mass is 329 g/mol. The lowest BCUT2D eigenvalue weighted by Crippen LogP contribution is -2.51. The van der Waals surface area contributed by atoms with Gasteiger partial charge in [0.1, 0.15) is 0 Å². The molecule has 130 valence electrons. The molecule has 2 atom stereocenters. The number of hydrogen-bond acceptors (Lipinski definition) is 4. The highest BCUT2D eigenvalue weighted by molar-refractivity contribution is 5.82. The number of fused-ring (bicyclic) bond motifs is 1. The van der Waals surface area contributed by atoms with Crippen molar-refractivity contribution in [2.45, 2.75) is 50.4 Å². The van der Waals surface area contributed by atoms with Gasteiger partial charge in [-0.05, 0) is 36.8 Å². The molecule has 0 saturated carbocycles. The fourth-order valence-corrected chi connectivity index (χ4v) is 4.41. The molecule has 4 rings (SSSR count). The van der Waals surface area contributed by atoms with E-state index in [1.807, 2.05) is 4.90 Å². The molecule has 0 radical (unpaired) electrons. The number of carbonyl (C=O) groups is 1. The van der Waals surface area contributed by atoms with Gasteiger partial charge in [0.25, 0.3) is 0 Å². The summed E-state index contributed by atoms with van der Waals surface area (Å²) < 4.78 is 0. The maximum Gasteiger partial charge on any atom is 0.239 e. The van der Waals surface area contributed by atoms with Gasteiger partial charge >= 0.3 is 0 Å². The van der Waals surface area contributed by atoms with E-state index in [1.54, 1.807) is 0 Å². The van der Waals surface area contributed by atoms with E-state index in [2.05, 4.69) is 34.5 Å². The number of β-amino-alcohol motifs (C(OH)–C–C–N with tert-alkyl or cyclic N) is 1. The predicted molar refractivity (Wildman–Crippen MR) is 92.6 cm³/mol. The van der Waals surface area contributed by atoms with Crippen LogP contribution in [0.5, 0.6) is 0 Å². The third-order valence-corrected chi connectivity index (χ3v) is 5.86. The van der Waals surface area contributed by atoms with Crippen LogP contribution in [0.3, 0.4) is 0 Å². The van der Waals surface area contributed by atoms with Crippen LogP contribution in [0, 0.1) is 0 Å². The molecule has 5 heteroatoms. The van der Waals surface area contributed by atoms with E-state index in [0.29, 0.717) is 19.0 Å². The number of hydrogen-bond donors (Lipinski definition) is 2. The van der Waals surface area contributed by atoms with Gasteiger partial charge in [0, 0.05) is 38.8 Å². The van der Waals surface area contributed by atoms with Gasteiger partial charge in [-0.15, -0.1) is 0 Å². The molecule has 1 aromatic rings. The minimum absolute atomic E-state index is 0.175. The summed E-state index contributed by atoms with van der Waals surface area (Å²) >= 11 is 0. The molecule has 24 heavy (non-hydrogen) atoms. The summed E-state index contributed by atoms with van der Waals surface area (Å²) in [4.78, 5) is 17.1. The zero-order chi connectivity index (χ0) is 16.5. The van der Waals surface area contributed by atoms with Crippen molar-refractivity contribution in [1.29, 1.82) is 0 Å². The first kappa shape index (κ1) is 16.1. The van der Waals surface area contributed by atoms with Crippen molar-refractivity contribution in [1.82, 2.24) is 15.1 Å². The lowest BCUT2D eigenvalue weighted by Gasteiger charge is -2.41. The number of nitrogens with zero attached hydrogens (tertiary/aromatic N) is 2. The third-order valence-electron chi connectivity index (χ3n) is 5.86. The van der Waals surface area contributed by atoms with E-state index in [9.17, 15) is 9.90 Å². The van der Waals surface area contributed by atoms with Crippen molar-refractivity contribution in [2.75, 3.05) is 26.2 Å².